The van der Waals surface area contributed by atoms with Gasteiger partial charge in [0.25, 0.3) is 11.8 Å². The fourth-order valence-electron chi connectivity index (χ4n) is 4.10. The van der Waals surface area contributed by atoms with Crippen LogP contribution in [0.15, 0.2) is 42.5 Å². The Bertz CT molecular complexity index is 1200. The summed E-state index contributed by atoms with van der Waals surface area (Å²) in [6.45, 7) is 10.5. The van der Waals surface area contributed by atoms with E-state index >= 15 is 0 Å². The molecular weight excluding hydrogens is 503 g/mol. The number of anilines is 1. The number of urea groups is 1. The van der Waals surface area contributed by atoms with Crippen molar-refractivity contribution in [2.45, 2.75) is 39.8 Å². The van der Waals surface area contributed by atoms with E-state index in [1.165, 1.54) is 19.1 Å². The lowest BCUT2D eigenvalue weighted by Gasteiger charge is -2.35. The Labute approximate surface area is 228 Å². The highest BCUT2D eigenvalue weighted by atomic mass is 19.1. The second-order valence-corrected chi connectivity index (χ2v) is 10.5. The van der Waals surface area contributed by atoms with Crippen LogP contribution in [0, 0.1) is 5.82 Å². The number of hydrogen-bond acceptors (Lipinski definition) is 5. The Kier molecular flexibility index (Phi) is 10.00. The first-order valence-electron chi connectivity index (χ1n) is 12.9. The lowest BCUT2D eigenvalue weighted by Crippen LogP contribution is -2.48. The number of halogens is 1. The molecule has 0 atom stereocenters. The average molecular weight is 541 g/mol. The van der Waals surface area contributed by atoms with Crippen LogP contribution in [0.3, 0.4) is 0 Å². The summed E-state index contributed by atoms with van der Waals surface area (Å²) in [6.07, 6.45) is 0. The van der Waals surface area contributed by atoms with Gasteiger partial charge in [0.2, 0.25) is 5.91 Å². The molecule has 2 aromatic carbocycles. The number of carbonyl (C=O) groups is 4. The zero-order valence-corrected chi connectivity index (χ0v) is 22.9. The van der Waals surface area contributed by atoms with Crippen LogP contribution < -0.4 is 21.3 Å². The number of nitrogens with zero attached hydrogens (tertiary/aromatic N) is 2. The molecule has 0 spiro atoms. The van der Waals surface area contributed by atoms with Crippen molar-refractivity contribution in [3.05, 3.63) is 65.0 Å². The molecule has 0 aromatic heterocycles. The van der Waals surface area contributed by atoms with Gasteiger partial charge in [0, 0.05) is 69.4 Å². The highest BCUT2D eigenvalue weighted by Gasteiger charge is 2.23. The zero-order chi connectivity index (χ0) is 28.6. The minimum atomic E-state index is -0.716. The smallest absolute Gasteiger partial charge is 0.319 e. The maximum absolute atomic E-state index is 14.6. The molecule has 0 aliphatic carbocycles. The highest BCUT2D eigenvalue weighted by Crippen LogP contribution is 2.19. The summed E-state index contributed by atoms with van der Waals surface area (Å²) in [5.41, 5.74) is 1.46. The van der Waals surface area contributed by atoms with Gasteiger partial charge in [-0.25, -0.2) is 9.18 Å². The molecule has 0 radical (unpaired) electrons. The second-order valence-electron chi connectivity index (χ2n) is 10.5. The van der Waals surface area contributed by atoms with E-state index < -0.39 is 11.8 Å². The summed E-state index contributed by atoms with van der Waals surface area (Å²) in [5.74, 6) is -1.32. The number of amides is 5. The lowest BCUT2D eigenvalue weighted by atomic mass is 10.1. The van der Waals surface area contributed by atoms with Gasteiger partial charge in [0.15, 0.2) is 0 Å². The van der Waals surface area contributed by atoms with E-state index in [9.17, 15) is 23.6 Å². The van der Waals surface area contributed by atoms with Gasteiger partial charge in [-0.3, -0.25) is 19.3 Å². The number of rotatable bonds is 8. The third kappa shape index (κ3) is 9.36. The van der Waals surface area contributed by atoms with Crippen molar-refractivity contribution in [3.63, 3.8) is 0 Å². The van der Waals surface area contributed by atoms with Gasteiger partial charge in [-0.1, -0.05) is 12.1 Å². The van der Waals surface area contributed by atoms with Crippen LogP contribution in [0.5, 0.6) is 0 Å². The Morgan fingerprint density at radius 2 is 1.59 bits per heavy atom. The van der Waals surface area contributed by atoms with E-state index in [0.717, 1.165) is 11.6 Å². The summed E-state index contributed by atoms with van der Waals surface area (Å²) < 4.78 is 14.6. The molecule has 0 bridgehead atoms. The third-order valence-corrected chi connectivity index (χ3v) is 5.99. The first-order chi connectivity index (χ1) is 18.4. The molecule has 11 heteroatoms. The summed E-state index contributed by atoms with van der Waals surface area (Å²) in [6, 6.07) is 10.9. The fraction of sp³-hybridized carbons (Fsp3) is 0.429. The van der Waals surface area contributed by atoms with E-state index in [1.54, 1.807) is 11.0 Å². The number of hydrogen-bond donors (Lipinski definition) is 4. The quantitative estimate of drug-likeness (QED) is 0.384. The van der Waals surface area contributed by atoms with Crippen molar-refractivity contribution in [1.29, 1.82) is 0 Å². The molecule has 4 N–H and O–H groups in total. The summed E-state index contributed by atoms with van der Waals surface area (Å²) in [7, 11) is 0. The van der Waals surface area contributed by atoms with E-state index in [4.69, 9.17) is 0 Å². The monoisotopic (exact) mass is 540 g/mol. The van der Waals surface area contributed by atoms with E-state index in [-0.39, 0.29) is 47.6 Å². The molecule has 3 rings (SSSR count). The van der Waals surface area contributed by atoms with Gasteiger partial charge < -0.3 is 26.2 Å². The Hall–Kier alpha value is -3.99. The van der Waals surface area contributed by atoms with Gasteiger partial charge >= 0.3 is 6.03 Å². The zero-order valence-electron chi connectivity index (χ0n) is 22.9. The van der Waals surface area contributed by atoms with Crippen LogP contribution in [0.2, 0.25) is 0 Å². The van der Waals surface area contributed by atoms with Gasteiger partial charge in [-0.05, 0) is 56.7 Å². The number of carbonyl (C=O) groups excluding carboxylic acids is 4. The molecule has 5 amide bonds. The number of benzene rings is 2. The normalized spacial score (nSPS) is 13.9. The SMILES string of the molecule is CC(=O)NCCNC(=O)Nc1ccc(C(=O)N2CCN(Cc3cccc(C(=O)NC(C)(C)C)c3)CC2)cc1F. The maximum Gasteiger partial charge on any atom is 0.319 e. The molecule has 1 fully saturated rings. The molecular formula is C28H37FN6O4. The van der Waals surface area contributed by atoms with E-state index in [0.29, 0.717) is 38.3 Å². The lowest BCUT2D eigenvalue weighted by molar-refractivity contribution is -0.118. The topological polar surface area (TPSA) is 123 Å². The predicted octanol–water partition coefficient (Wildman–Crippen LogP) is 2.57. The van der Waals surface area contributed by atoms with Crippen molar-refractivity contribution in [1.82, 2.24) is 25.8 Å². The summed E-state index contributed by atoms with van der Waals surface area (Å²) in [5, 5.41) is 10.4. The molecule has 0 saturated carbocycles. The van der Waals surface area contributed by atoms with Crippen molar-refractivity contribution >= 4 is 29.4 Å². The van der Waals surface area contributed by atoms with Crippen LogP contribution >= 0.6 is 0 Å². The Balaban J connectivity index is 1.50. The van der Waals surface area contributed by atoms with E-state index in [1.807, 2.05) is 39.0 Å². The molecule has 1 aliphatic rings. The number of piperazine rings is 1. The van der Waals surface area contributed by atoms with Crippen molar-refractivity contribution < 1.29 is 23.6 Å². The standard InChI is InChI=1S/C28H37FN6O4/c1-19(36)30-10-11-31-27(39)32-24-9-8-22(17-23(24)29)26(38)35-14-12-34(13-15-35)18-20-6-5-7-21(16-20)25(37)33-28(2,3)4/h5-9,16-17H,10-15,18H2,1-4H3,(H,30,36)(H,33,37)(H2,31,32,39). The number of nitrogens with one attached hydrogen (secondary N) is 4. The second kappa shape index (κ2) is 13.2. The first kappa shape index (κ1) is 29.6. The summed E-state index contributed by atoms with van der Waals surface area (Å²) >= 11 is 0. The maximum atomic E-state index is 14.6. The minimum absolute atomic E-state index is 0.0493. The summed E-state index contributed by atoms with van der Waals surface area (Å²) in [4.78, 5) is 52.2. The Morgan fingerprint density at radius 1 is 0.897 bits per heavy atom. The highest BCUT2D eigenvalue weighted by molar-refractivity contribution is 5.96. The van der Waals surface area contributed by atoms with Crippen molar-refractivity contribution in [2.24, 2.45) is 0 Å². The Morgan fingerprint density at radius 3 is 2.23 bits per heavy atom. The average Bonchev–Trinajstić information content (AvgIpc) is 2.87. The predicted molar refractivity (Wildman–Crippen MR) is 147 cm³/mol. The van der Waals surface area contributed by atoms with Gasteiger partial charge in [0.1, 0.15) is 5.82 Å². The van der Waals surface area contributed by atoms with Crippen LogP contribution in [-0.2, 0) is 11.3 Å². The van der Waals surface area contributed by atoms with Crippen LogP contribution in [0.4, 0.5) is 14.9 Å². The molecule has 1 aliphatic heterocycles. The van der Waals surface area contributed by atoms with Gasteiger partial charge in [0.05, 0.1) is 5.69 Å². The molecule has 1 saturated heterocycles. The fourth-order valence-corrected chi connectivity index (χ4v) is 4.10. The molecule has 10 nitrogen and oxygen atoms in total. The first-order valence-corrected chi connectivity index (χ1v) is 12.9. The molecule has 2 aromatic rings. The molecule has 1 heterocycles. The van der Waals surface area contributed by atoms with Crippen LogP contribution in [0.25, 0.3) is 0 Å². The van der Waals surface area contributed by atoms with Crippen LogP contribution in [0.1, 0.15) is 54.0 Å². The van der Waals surface area contributed by atoms with Crippen molar-refractivity contribution in [3.8, 4) is 0 Å². The van der Waals surface area contributed by atoms with Gasteiger partial charge in [-0.2, -0.15) is 0 Å². The third-order valence-electron chi connectivity index (χ3n) is 5.99. The van der Waals surface area contributed by atoms with Crippen molar-refractivity contribution in [2.75, 3.05) is 44.6 Å². The molecule has 210 valence electrons. The molecule has 39 heavy (non-hydrogen) atoms. The largest absolute Gasteiger partial charge is 0.355 e. The minimum Gasteiger partial charge on any atom is -0.355 e. The van der Waals surface area contributed by atoms with Gasteiger partial charge in [-0.15, -0.1) is 0 Å². The van der Waals surface area contributed by atoms with Crippen LogP contribution in [-0.4, -0.2) is 78.4 Å². The molecule has 0 unspecified atom stereocenters. The van der Waals surface area contributed by atoms with E-state index in [2.05, 4.69) is 26.2 Å².